The molecule has 2 heterocycles. The lowest BCUT2D eigenvalue weighted by molar-refractivity contribution is -0.132. The number of aromatic nitrogens is 4. The van der Waals surface area contributed by atoms with E-state index in [0.29, 0.717) is 6.04 Å². The Kier molecular flexibility index (Phi) is 5.21. The highest BCUT2D eigenvalue weighted by atomic mass is 32.2. The molecule has 2 aromatic rings. The first-order chi connectivity index (χ1) is 12.7. The standard InChI is InChI=1S/C18H24N6OS/c1-14(26-18-19-20-21-24(18)16-7-8-16)17(25)23-11-9-22(10-12-23)13-15-5-3-2-4-6-15/h2-6,14,16H,7-13H2,1H3/t14-/m0/s1. The van der Waals surface area contributed by atoms with E-state index >= 15 is 0 Å². The predicted molar refractivity (Wildman–Crippen MR) is 99.7 cm³/mol. The van der Waals surface area contributed by atoms with Crippen LogP contribution in [0.1, 0.15) is 31.4 Å². The molecule has 0 spiro atoms. The molecular weight excluding hydrogens is 348 g/mol. The summed E-state index contributed by atoms with van der Waals surface area (Å²) in [5, 5.41) is 12.5. The zero-order valence-corrected chi connectivity index (χ0v) is 15.8. The minimum atomic E-state index is -0.167. The van der Waals surface area contributed by atoms with E-state index in [1.54, 1.807) is 0 Å². The number of amides is 1. The highest BCUT2D eigenvalue weighted by Gasteiger charge is 2.31. The Hall–Kier alpha value is -1.93. The lowest BCUT2D eigenvalue weighted by Crippen LogP contribution is -2.50. The number of rotatable bonds is 6. The van der Waals surface area contributed by atoms with Crippen molar-refractivity contribution in [3.8, 4) is 0 Å². The first-order valence-electron chi connectivity index (χ1n) is 9.20. The van der Waals surface area contributed by atoms with Crippen molar-refractivity contribution in [3.05, 3.63) is 35.9 Å². The number of carbonyl (C=O) groups excluding carboxylic acids is 1. The topological polar surface area (TPSA) is 67.2 Å². The van der Waals surface area contributed by atoms with Gasteiger partial charge in [0.25, 0.3) is 0 Å². The quantitative estimate of drug-likeness (QED) is 0.721. The van der Waals surface area contributed by atoms with Crippen LogP contribution in [0.2, 0.25) is 0 Å². The molecule has 1 aromatic heterocycles. The van der Waals surface area contributed by atoms with E-state index in [1.165, 1.54) is 17.3 Å². The van der Waals surface area contributed by atoms with Gasteiger partial charge in [-0.2, -0.15) is 0 Å². The molecule has 0 radical (unpaired) electrons. The first-order valence-corrected chi connectivity index (χ1v) is 10.1. The minimum Gasteiger partial charge on any atom is -0.339 e. The molecule has 1 amide bonds. The number of hydrogen-bond donors (Lipinski definition) is 0. The molecule has 8 heteroatoms. The molecule has 1 saturated heterocycles. The van der Waals surface area contributed by atoms with Gasteiger partial charge >= 0.3 is 0 Å². The smallest absolute Gasteiger partial charge is 0.235 e. The number of benzene rings is 1. The van der Waals surface area contributed by atoms with E-state index in [1.807, 2.05) is 22.6 Å². The maximum atomic E-state index is 12.8. The van der Waals surface area contributed by atoms with Crippen molar-refractivity contribution in [1.82, 2.24) is 30.0 Å². The van der Waals surface area contributed by atoms with Crippen molar-refractivity contribution in [2.75, 3.05) is 26.2 Å². The van der Waals surface area contributed by atoms with Crippen LogP contribution >= 0.6 is 11.8 Å². The molecule has 4 rings (SSSR count). The fourth-order valence-electron chi connectivity index (χ4n) is 3.24. The number of piperazine rings is 1. The third-order valence-electron chi connectivity index (χ3n) is 4.92. The molecule has 0 N–H and O–H groups in total. The summed E-state index contributed by atoms with van der Waals surface area (Å²) < 4.78 is 1.87. The molecule has 1 saturated carbocycles. The van der Waals surface area contributed by atoms with Crippen molar-refractivity contribution in [2.24, 2.45) is 0 Å². The van der Waals surface area contributed by atoms with Crippen molar-refractivity contribution in [1.29, 1.82) is 0 Å². The molecule has 1 atom stereocenters. The Balaban J connectivity index is 1.28. The summed E-state index contributed by atoms with van der Waals surface area (Å²) in [7, 11) is 0. The maximum Gasteiger partial charge on any atom is 0.235 e. The van der Waals surface area contributed by atoms with Gasteiger partial charge < -0.3 is 4.90 Å². The third kappa shape index (κ3) is 4.07. The van der Waals surface area contributed by atoms with E-state index in [-0.39, 0.29) is 11.2 Å². The van der Waals surface area contributed by atoms with Gasteiger partial charge in [-0.25, -0.2) is 4.68 Å². The highest BCUT2D eigenvalue weighted by molar-refractivity contribution is 8.00. The van der Waals surface area contributed by atoms with Crippen LogP contribution in [0.25, 0.3) is 0 Å². The van der Waals surface area contributed by atoms with Crippen LogP contribution in [0.5, 0.6) is 0 Å². The Morgan fingerprint density at radius 1 is 1.19 bits per heavy atom. The van der Waals surface area contributed by atoms with Gasteiger partial charge in [-0.1, -0.05) is 42.1 Å². The molecule has 1 aromatic carbocycles. The lowest BCUT2D eigenvalue weighted by atomic mass is 10.2. The third-order valence-corrected chi connectivity index (χ3v) is 5.95. The maximum absolute atomic E-state index is 12.8. The zero-order valence-electron chi connectivity index (χ0n) is 15.0. The van der Waals surface area contributed by atoms with Crippen LogP contribution in [-0.4, -0.2) is 67.3 Å². The molecule has 2 aliphatic rings. The fraction of sp³-hybridized carbons (Fsp3) is 0.556. The van der Waals surface area contributed by atoms with Crippen LogP contribution < -0.4 is 0 Å². The average Bonchev–Trinajstić information content (AvgIpc) is 3.42. The minimum absolute atomic E-state index is 0.167. The summed E-state index contributed by atoms with van der Waals surface area (Å²) in [6.07, 6.45) is 2.26. The van der Waals surface area contributed by atoms with Gasteiger partial charge in [0.05, 0.1) is 11.3 Å². The molecule has 138 valence electrons. The van der Waals surface area contributed by atoms with Gasteiger partial charge in [0.1, 0.15) is 0 Å². The van der Waals surface area contributed by atoms with Gasteiger partial charge in [-0.3, -0.25) is 9.69 Å². The Bertz CT molecular complexity index is 739. The van der Waals surface area contributed by atoms with Gasteiger partial charge in [-0.15, -0.1) is 5.10 Å². The van der Waals surface area contributed by atoms with Crippen molar-refractivity contribution in [2.45, 2.75) is 42.8 Å². The summed E-state index contributed by atoms with van der Waals surface area (Å²) in [6, 6.07) is 10.9. The van der Waals surface area contributed by atoms with E-state index in [4.69, 9.17) is 0 Å². The number of tetrazole rings is 1. The van der Waals surface area contributed by atoms with E-state index < -0.39 is 0 Å². The van der Waals surface area contributed by atoms with Crippen LogP contribution in [0.4, 0.5) is 0 Å². The summed E-state index contributed by atoms with van der Waals surface area (Å²) in [4.78, 5) is 17.2. The van der Waals surface area contributed by atoms with Gasteiger partial charge in [0, 0.05) is 32.7 Å². The van der Waals surface area contributed by atoms with Crippen LogP contribution in [0.3, 0.4) is 0 Å². The van der Waals surface area contributed by atoms with Gasteiger partial charge in [0.15, 0.2) is 0 Å². The molecule has 0 bridgehead atoms. The van der Waals surface area contributed by atoms with Crippen molar-refractivity contribution < 1.29 is 4.79 Å². The number of nitrogens with zero attached hydrogens (tertiary/aromatic N) is 6. The largest absolute Gasteiger partial charge is 0.339 e. The monoisotopic (exact) mass is 372 g/mol. The highest BCUT2D eigenvalue weighted by Crippen LogP contribution is 2.37. The first kappa shape index (κ1) is 17.5. The molecular formula is C18H24N6OS. The van der Waals surface area contributed by atoms with E-state index in [2.05, 4.69) is 44.7 Å². The second-order valence-corrected chi connectivity index (χ2v) is 8.29. The SMILES string of the molecule is C[C@H](Sc1nnnn1C1CC1)C(=O)N1CCN(Cc2ccccc2)CC1. The lowest BCUT2D eigenvalue weighted by Gasteiger charge is -2.35. The molecule has 0 unspecified atom stereocenters. The van der Waals surface area contributed by atoms with Crippen LogP contribution in [-0.2, 0) is 11.3 Å². The van der Waals surface area contributed by atoms with Crippen LogP contribution in [0.15, 0.2) is 35.5 Å². The molecule has 7 nitrogen and oxygen atoms in total. The van der Waals surface area contributed by atoms with Gasteiger partial charge in [-0.05, 0) is 35.8 Å². The Labute approximate surface area is 157 Å². The van der Waals surface area contributed by atoms with Crippen molar-refractivity contribution in [3.63, 3.8) is 0 Å². The van der Waals surface area contributed by atoms with Crippen molar-refractivity contribution >= 4 is 17.7 Å². The molecule has 1 aliphatic carbocycles. The molecule has 2 fully saturated rings. The normalized spacial score (nSPS) is 19.5. The summed E-state index contributed by atoms with van der Waals surface area (Å²) in [5.74, 6) is 0.180. The second kappa shape index (κ2) is 7.75. The number of thioether (sulfide) groups is 1. The Morgan fingerprint density at radius 3 is 2.62 bits per heavy atom. The van der Waals surface area contributed by atoms with Gasteiger partial charge in [0.2, 0.25) is 11.1 Å². The average molecular weight is 372 g/mol. The van der Waals surface area contributed by atoms with E-state index in [9.17, 15) is 4.79 Å². The van der Waals surface area contributed by atoms with E-state index in [0.717, 1.165) is 50.7 Å². The second-order valence-electron chi connectivity index (χ2n) is 6.98. The summed E-state index contributed by atoms with van der Waals surface area (Å²) in [6.45, 7) is 6.29. The number of hydrogen-bond acceptors (Lipinski definition) is 6. The number of carbonyl (C=O) groups is 1. The fourth-order valence-corrected chi connectivity index (χ4v) is 4.19. The predicted octanol–water partition coefficient (Wildman–Crippen LogP) is 1.83. The zero-order chi connectivity index (χ0) is 17.9. The summed E-state index contributed by atoms with van der Waals surface area (Å²) >= 11 is 1.47. The molecule has 26 heavy (non-hydrogen) atoms. The molecule has 1 aliphatic heterocycles. The Morgan fingerprint density at radius 2 is 1.92 bits per heavy atom. The van der Waals surface area contributed by atoms with Crippen LogP contribution in [0, 0.1) is 0 Å². The summed E-state index contributed by atoms with van der Waals surface area (Å²) in [5.41, 5.74) is 1.32.